The molecule has 1 aliphatic rings. The number of benzene rings is 2. The Kier molecular flexibility index (Phi) is 7.00. The van der Waals surface area contributed by atoms with Gasteiger partial charge in [-0.1, -0.05) is 42.4 Å². The van der Waals surface area contributed by atoms with Crippen LogP contribution in [0.2, 0.25) is 5.02 Å². The summed E-state index contributed by atoms with van der Waals surface area (Å²) in [5.74, 6) is 0.0675. The van der Waals surface area contributed by atoms with Crippen molar-refractivity contribution in [2.24, 2.45) is 0 Å². The number of H-pyrrole nitrogens is 1. The van der Waals surface area contributed by atoms with Crippen LogP contribution < -0.4 is 10.1 Å². The van der Waals surface area contributed by atoms with E-state index in [0.29, 0.717) is 28.6 Å². The van der Waals surface area contributed by atoms with Gasteiger partial charge in [0.25, 0.3) is 0 Å². The standard InChI is InChI=1S/C28H26ClFN4O2/c1-2-19(35)12-17-10-11-26(24(30)13-17)36-20-7-5-6-18(14-20)33-28-32-16-23(29)27(34-28)22-15-31-25-9-4-3-8-21(22)25/h2-4,8-11,13,15-16,18,20,31H,1,5-7,12,14H2,(H,32,33,34)/t18-,20-/m1/s1. The largest absolute Gasteiger partial charge is 0.487 e. The van der Waals surface area contributed by atoms with Crippen LogP contribution in [0, 0.1) is 5.82 Å². The van der Waals surface area contributed by atoms with Gasteiger partial charge in [0.2, 0.25) is 5.95 Å². The second-order valence-corrected chi connectivity index (χ2v) is 9.41. The Bertz CT molecular complexity index is 1420. The van der Waals surface area contributed by atoms with E-state index in [1.807, 2.05) is 30.5 Å². The van der Waals surface area contributed by atoms with Crippen molar-refractivity contribution in [2.75, 3.05) is 5.32 Å². The number of halogens is 2. The molecule has 2 heterocycles. The van der Waals surface area contributed by atoms with Crippen LogP contribution >= 0.6 is 11.6 Å². The second-order valence-electron chi connectivity index (χ2n) is 9.00. The molecule has 2 N–H and O–H groups in total. The van der Waals surface area contributed by atoms with Crippen LogP contribution in [-0.2, 0) is 11.2 Å². The van der Waals surface area contributed by atoms with Crippen LogP contribution in [0.25, 0.3) is 22.2 Å². The Morgan fingerprint density at radius 1 is 1.28 bits per heavy atom. The molecule has 5 rings (SSSR count). The van der Waals surface area contributed by atoms with Crippen molar-refractivity contribution < 1.29 is 13.9 Å². The number of anilines is 1. The third kappa shape index (κ3) is 5.26. The Labute approximate surface area is 213 Å². The van der Waals surface area contributed by atoms with E-state index in [-0.39, 0.29) is 30.1 Å². The molecule has 1 saturated carbocycles. The predicted octanol–water partition coefficient (Wildman–Crippen LogP) is 6.52. The van der Waals surface area contributed by atoms with Gasteiger partial charge in [-0.3, -0.25) is 4.79 Å². The molecular formula is C28H26ClFN4O2. The molecule has 8 heteroatoms. The molecule has 1 fully saturated rings. The number of allylic oxidation sites excluding steroid dienone is 1. The highest BCUT2D eigenvalue weighted by Gasteiger charge is 2.25. The Hall–Kier alpha value is -3.71. The number of carbonyl (C=O) groups is 1. The molecule has 0 spiro atoms. The highest BCUT2D eigenvalue weighted by molar-refractivity contribution is 6.33. The van der Waals surface area contributed by atoms with Gasteiger partial charge in [-0.2, -0.15) is 0 Å². The van der Waals surface area contributed by atoms with Crippen LogP contribution in [0.3, 0.4) is 0 Å². The lowest BCUT2D eigenvalue weighted by Gasteiger charge is -2.30. The molecule has 0 aliphatic heterocycles. The van der Waals surface area contributed by atoms with Crippen molar-refractivity contribution in [3.8, 4) is 17.0 Å². The fourth-order valence-corrected chi connectivity index (χ4v) is 4.85. The van der Waals surface area contributed by atoms with Crippen LogP contribution in [0.5, 0.6) is 5.75 Å². The van der Waals surface area contributed by atoms with Gasteiger partial charge in [0.15, 0.2) is 17.3 Å². The number of ketones is 1. The summed E-state index contributed by atoms with van der Waals surface area (Å²) in [6.45, 7) is 3.45. The van der Waals surface area contributed by atoms with Crippen molar-refractivity contribution in [3.63, 3.8) is 0 Å². The maximum atomic E-state index is 14.6. The molecule has 4 aromatic rings. The number of carbonyl (C=O) groups excluding carboxylic acids is 1. The summed E-state index contributed by atoms with van der Waals surface area (Å²) in [6, 6.07) is 12.7. The number of para-hydroxylation sites is 1. The van der Waals surface area contributed by atoms with Crippen molar-refractivity contribution in [3.05, 3.63) is 83.9 Å². The molecule has 0 saturated heterocycles. The summed E-state index contributed by atoms with van der Waals surface area (Å²) in [5.41, 5.74) is 3.18. The summed E-state index contributed by atoms with van der Waals surface area (Å²) >= 11 is 6.46. The Morgan fingerprint density at radius 2 is 2.14 bits per heavy atom. The summed E-state index contributed by atoms with van der Waals surface area (Å²) in [4.78, 5) is 23.9. The third-order valence-corrected chi connectivity index (χ3v) is 6.72. The summed E-state index contributed by atoms with van der Waals surface area (Å²) < 4.78 is 20.6. The first-order chi connectivity index (χ1) is 17.5. The van der Waals surface area contributed by atoms with E-state index in [4.69, 9.17) is 21.3 Å². The molecule has 2 aromatic heterocycles. The predicted molar refractivity (Wildman–Crippen MR) is 140 cm³/mol. The average Bonchev–Trinajstić information content (AvgIpc) is 3.31. The van der Waals surface area contributed by atoms with Crippen molar-refractivity contribution in [1.29, 1.82) is 0 Å². The zero-order valence-electron chi connectivity index (χ0n) is 19.6. The molecule has 2 atom stereocenters. The van der Waals surface area contributed by atoms with Gasteiger partial charge in [-0.15, -0.1) is 0 Å². The zero-order valence-corrected chi connectivity index (χ0v) is 20.4. The van der Waals surface area contributed by atoms with Crippen molar-refractivity contribution in [1.82, 2.24) is 15.0 Å². The highest BCUT2D eigenvalue weighted by Crippen LogP contribution is 2.33. The second kappa shape index (κ2) is 10.5. The quantitative estimate of drug-likeness (QED) is 0.267. The lowest BCUT2D eigenvalue weighted by Crippen LogP contribution is -2.33. The van der Waals surface area contributed by atoms with E-state index in [0.717, 1.165) is 35.7 Å². The maximum Gasteiger partial charge on any atom is 0.223 e. The van der Waals surface area contributed by atoms with E-state index >= 15 is 0 Å². The van der Waals surface area contributed by atoms with Gasteiger partial charge in [0.05, 0.1) is 16.9 Å². The first kappa shape index (κ1) is 24.0. The number of hydrogen-bond donors (Lipinski definition) is 2. The Morgan fingerprint density at radius 3 is 2.97 bits per heavy atom. The number of hydrogen-bond acceptors (Lipinski definition) is 5. The van der Waals surface area contributed by atoms with E-state index < -0.39 is 5.82 Å². The van der Waals surface area contributed by atoms with Crippen LogP contribution in [0.15, 0.2) is 67.5 Å². The average molecular weight is 505 g/mol. The first-order valence-corrected chi connectivity index (χ1v) is 12.3. The maximum absolute atomic E-state index is 14.6. The van der Waals surface area contributed by atoms with Crippen molar-refractivity contribution in [2.45, 2.75) is 44.2 Å². The minimum absolute atomic E-state index is 0.0771. The van der Waals surface area contributed by atoms with Gasteiger partial charge in [0, 0.05) is 41.5 Å². The fourth-order valence-electron chi connectivity index (χ4n) is 4.66. The monoisotopic (exact) mass is 504 g/mol. The van der Waals surface area contributed by atoms with Crippen LogP contribution in [0.1, 0.15) is 31.2 Å². The number of nitrogens with one attached hydrogen (secondary N) is 2. The third-order valence-electron chi connectivity index (χ3n) is 6.44. The lowest BCUT2D eigenvalue weighted by molar-refractivity contribution is -0.114. The van der Waals surface area contributed by atoms with Gasteiger partial charge in [0.1, 0.15) is 6.10 Å². The molecule has 0 amide bonds. The summed E-state index contributed by atoms with van der Waals surface area (Å²) in [5, 5.41) is 4.93. The molecule has 0 radical (unpaired) electrons. The van der Waals surface area contributed by atoms with E-state index in [9.17, 15) is 9.18 Å². The number of aromatic amines is 1. The zero-order chi connectivity index (χ0) is 25.1. The summed E-state index contributed by atoms with van der Waals surface area (Å²) in [7, 11) is 0. The number of fused-ring (bicyclic) bond motifs is 1. The molecule has 0 unspecified atom stereocenters. The number of nitrogens with zero attached hydrogens (tertiary/aromatic N) is 2. The first-order valence-electron chi connectivity index (χ1n) is 12.0. The molecule has 0 bridgehead atoms. The molecule has 36 heavy (non-hydrogen) atoms. The number of rotatable bonds is 8. The fraction of sp³-hybridized carbons (Fsp3) is 0.250. The smallest absolute Gasteiger partial charge is 0.223 e. The minimum atomic E-state index is -0.469. The van der Waals surface area contributed by atoms with Crippen LogP contribution in [-0.4, -0.2) is 32.9 Å². The number of ether oxygens (including phenoxy) is 1. The van der Waals surface area contributed by atoms with Gasteiger partial charge >= 0.3 is 0 Å². The van der Waals surface area contributed by atoms with Gasteiger partial charge in [-0.25, -0.2) is 14.4 Å². The number of aromatic nitrogens is 3. The molecule has 184 valence electrons. The Balaban J connectivity index is 1.27. The van der Waals surface area contributed by atoms with E-state index in [2.05, 4.69) is 21.9 Å². The topological polar surface area (TPSA) is 79.9 Å². The molecular weight excluding hydrogens is 479 g/mol. The lowest BCUT2D eigenvalue weighted by atomic mass is 9.93. The normalized spacial score (nSPS) is 17.6. The van der Waals surface area contributed by atoms with E-state index in [1.165, 1.54) is 12.1 Å². The van der Waals surface area contributed by atoms with Crippen LogP contribution in [0.4, 0.5) is 10.3 Å². The highest BCUT2D eigenvalue weighted by atomic mass is 35.5. The SMILES string of the molecule is C=CC(=O)Cc1ccc(O[C@@H]2CCC[C@@H](Nc3ncc(Cl)c(-c4c[nH]c5ccccc45)n3)C2)c(F)c1. The van der Waals surface area contributed by atoms with Gasteiger partial charge in [-0.05, 0) is 49.1 Å². The van der Waals surface area contributed by atoms with E-state index in [1.54, 1.807) is 18.3 Å². The van der Waals surface area contributed by atoms with Crippen molar-refractivity contribution >= 4 is 34.2 Å². The minimum Gasteiger partial charge on any atom is -0.487 e. The molecule has 1 aliphatic carbocycles. The molecule has 2 aromatic carbocycles. The summed E-state index contributed by atoms with van der Waals surface area (Å²) in [6.07, 6.45) is 8.10. The molecule has 6 nitrogen and oxygen atoms in total. The van der Waals surface area contributed by atoms with Gasteiger partial charge < -0.3 is 15.0 Å².